The standard InChI is InChI=1S/C12H30O2SSi2/c1-7-9-13-17(6,14-10-8-2)12-11-15-16(3,4)5/h7-12H2,1-6H3. The minimum Gasteiger partial charge on any atom is -0.394 e. The maximum atomic E-state index is 6.01. The molecule has 2 nitrogen and oxygen atoms in total. The first kappa shape index (κ1) is 17.7. The van der Waals surface area contributed by atoms with E-state index in [9.17, 15) is 0 Å². The van der Waals surface area contributed by atoms with Gasteiger partial charge in [0.2, 0.25) is 0 Å². The summed E-state index contributed by atoms with van der Waals surface area (Å²) in [4.78, 5) is 0. The molecule has 0 N–H and O–H groups in total. The minimum atomic E-state index is -1.89. The Morgan fingerprint density at radius 3 is 1.71 bits per heavy atom. The molecular formula is C12H30O2SSi2. The molecule has 0 heterocycles. The summed E-state index contributed by atoms with van der Waals surface area (Å²) in [5.74, 6) is 1.20. The van der Waals surface area contributed by atoms with Gasteiger partial charge in [-0.05, 0) is 31.2 Å². The second kappa shape index (κ2) is 8.74. The molecule has 0 amide bonds. The fourth-order valence-corrected chi connectivity index (χ4v) is 8.27. The third-order valence-corrected chi connectivity index (χ3v) is 9.95. The average molecular weight is 295 g/mol. The van der Waals surface area contributed by atoms with E-state index in [1.807, 2.05) is 0 Å². The molecule has 0 aromatic carbocycles. The van der Waals surface area contributed by atoms with Crippen molar-refractivity contribution in [2.45, 2.75) is 58.9 Å². The third kappa shape index (κ3) is 10.3. The van der Waals surface area contributed by atoms with E-state index in [0.29, 0.717) is 0 Å². The van der Waals surface area contributed by atoms with Crippen LogP contribution in [0.2, 0.25) is 32.2 Å². The summed E-state index contributed by atoms with van der Waals surface area (Å²) < 4.78 is 12.0. The van der Waals surface area contributed by atoms with Crippen LogP contribution in [-0.4, -0.2) is 34.8 Å². The van der Waals surface area contributed by atoms with Crippen molar-refractivity contribution < 1.29 is 8.85 Å². The molecule has 0 radical (unpaired) electrons. The fraction of sp³-hybridized carbons (Fsp3) is 1.00. The second-order valence-corrected chi connectivity index (χ2v) is 18.3. The molecule has 0 aliphatic carbocycles. The van der Waals surface area contributed by atoms with Crippen LogP contribution in [0, 0.1) is 0 Å². The largest absolute Gasteiger partial charge is 0.394 e. The zero-order chi connectivity index (χ0) is 13.4. The lowest BCUT2D eigenvalue weighted by atomic mass is 10.5. The molecule has 0 atom stereocenters. The van der Waals surface area contributed by atoms with Crippen LogP contribution in [0.5, 0.6) is 0 Å². The van der Waals surface area contributed by atoms with Crippen molar-refractivity contribution in [1.82, 2.24) is 0 Å². The van der Waals surface area contributed by atoms with Crippen molar-refractivity contribution in [2.24, 2.45) is 0 Å². The van der Waals surface area contributed by atoms with E-state index in [0.717, 1.165) is 32.1 Å². The molecule has 0 bridgehead atoms. The Hall–Kier alpha value is 0.704. The van der Waals surface area contributed by atoms with E-state index in [-0.39, 0.29) is 0 Å². The Balaban J connectivity index is 4.08. The van der Waals surface area contributed by atoms with Gasteiger partial charge in [0, 0.05) is 13.2 Å². The normalized spacial score (nSPS) is 13.1. The van der Waals surface area contributed by atoms with Crippen molar-refractivity contribution in [2.75, 3.05) is 19.0 Å². The van der Waals surface area contributed by atoms with Crippen LogP contribution in [0.15, 0.2) is 0 Å². The lowest BCUT2D eigenvalue weighted by molar-refractivity contribution is 0.174. The smallest absolute Gasteiger partial charge is 0.335 e. The number of hydrogen-bond acceptors (Lipinski definition) is 3. The topological polar surface area (TPSA) is 18.5 Å². The zero-order valence-electron chi connectivity index (χ0n) is 12.5. The van der Waals surface area contributed by atoms with Crippen molar-refractivity contribution in [3.05, 3.63) is 0 Å². The Morgan fingerprint density at radius 2 is 1.35 bits per heavy atom. The highest BCUT2D eigenvalue weighted by Gasteiger charge is 2.31. The van der Waals surface area contributed by atoms with Crippen LogP contribution >= 0.6 is 11.2 Å². The lowest BCUT2D eigenvalue weighted by Crippen LogP contribution is -2.40. The van der Waals surface area contributed by atoms with Gasteiger partial charge in [-0.15, -0.1) is 0 Å². The molecule has 0 fully saturated rings. The van der Waals surface area contributed by atoms with Crippen LogP contribution in [0.1, 0.15) is 26.7 Å². The molecule has 0 rings (SSSR count). The van der Waals surface area contributed by atoms with Gasteiger partial charge in [0.15, 0.2) is 0 Å². The average Bonchev–Trinajstić information content (AvgIpc) is 2.22. The highest BCUT2D eigenvalue weighted by molar-refractivity contribution is 8.28. The van der Waals surface area contributed by atoms with Crippen molar-refractivity contribution >= 4 is 27.0 Å². The summed E-state index contributed by atoms with van der Waals surface area (Å²) in [7, 11) is -2.88. The van der Waals surface area contributed by atoms with Gasteiger partial charge < -0.3 is 8.85 Å². The van der Waals surface area contributed by atoms with Gasteiger partial charge in [0.05, 0.1) is 0 Å². The molecule has 0 spiro atoms. The van der Waals surface area contributed by atoms with Gasteiger partial charge in [-0.1, -0.05) is 33.5 Å². The van der Waals surface area contributed by atoms with Crippen LogP contribution in [0.3, 0.4) is 0 Å². The molecule has 0 aliphatic rings. The Morgan fingerprint density at radius 1 is 0.882 bits per heavy atom. The molecule has 5 heteroatoms. The Labute approximate surface area is 114 Å². The highest BCUT2D eigenvalue weighted by Crippen LogP contribution is 2.24. The quantitative estimate of drug-likeness (QED) is 0.553. The van der Waals surface area contributed by atoms with Crippen molar-refractivity contribution in [3.8, 4) is 0 Å². The van der Waals surface area contributed by atoms with E-state index in [4.69, 9.17) is 8.85 Å². The number of hydrogen-bond donors (Lipinski definition) is 0. The molecule has 0 aromatic heterocycles. The first-order valence-corrected chi connectivity index (χ1v) is 14.5. The molecule has 0 saturated heterocycles. The first-order valence-electron chi connectivity index (χ1n) is 6.75. The summed E-state index contributed by atoms with van der Waals surface area (Å²) >= 11 is 2.14. The van der Waals surface area contributed by atoms with Crippen LogP contribution in [0.25, 0.3) is 0 Å². The monoisotopic (exact) mass is 294 g/mol. The molecular weight excluding hydrogens is 264 g/mol. The van der Waals surface area contributed by atoms with Crippen molar-refractivity contribution in [1.29, 1.82) is 0 Å². The van der Waals surface area contributed by atoms with Gasteiger partial charge in [0.25, 0.3) is 0 Å². The van der Waals surface area contributed by atoms with Gasteiger partial charge >= 0.3 is 8.56 Å². The van der Waals surface area contributed by atoms with E-state index in [1.54, 1.807) is 0 Å². The highest BCUT2D eigenvalue weighted by atomic mass is 32.4. The molecule has 0 saturated carbocycles. The summed E-state index contributed by atoms with van der Waals surface area (Å²) in [6.07, 6.45) is 2.17. The van der Waals surface area contributed by atoms with Gasteiger partial charge in [-0.3, -0.25) is 0 Å². The molecule has 104 valence electrons. The number of rotatable bonds is 10. The van der Waals surface area contributed by atoms with Gasteiger partial charge in [-0.2, -0.15) is 11.2 Å². The fourth-order valence-electron chi connectivity index (χ4n) is 1.36. The zero-order valence-corrected chi connectivity index (χ0v) is 15.3. The van der Waals surface area contributed by atoms with Crippen LogP contribution in [-0.2, 0) is 8.85 Å². The maximum Gasteiger partial charge on any atom is 0.335 e. The molecule has 0 aromatic rings. The Kier molecular flexibility index (Phi) is 9.11. The van der Waals surface area contributed by atoms with Crippen LogP contribution < -0.4 is 0 Å². The first-order chi connectivity index (χ1) is 7.83. The Bertz CT molecular complexity index is 187. The van der Waals surface area contributed by atoms with Crippen LogP contribution in [0.4, 0.5) is 0 Å². The predicted octanol–water partition coefficient (Wildman–Crippen LogP) is 4.48. The van der Waals surface area contributed by atoms with E-state index >= 15 is 0 Å². The summed E-state index contributed by atoms with van der Waals surface area (Å²) in [5, 5.41) is 0. The summed E-state index contributed by atoms with van der Waals surface area (Å²) in [5.41, 5.74) is 0. The minimum absolute atomic E-state index is 0.851. The molecule has 17 heavy (non-hydrogen) atoms. The maximum absolute atomic E-state index is 6.01. The summed E-state index contributed by atoms with van der Waals surface area (Å²) in [6.45, 7) is 15.4. The van der Waals surface area contributed by atoms with E-state index < -0.39 is 15.8 Å². The SMILES string of the molecule is CCCO[Si](C)(CCS[Si](C)(C)C)OCCC. The third-order valence-electron chi connectivity index (χ3n) is 2.31. The molecule has 0 unspecified atom stereocenters. The van der Waals surface area contributed by atoms with Gasteiger partial charge in [0.1, 0.15) is 7.22 Å². The van der Waals surface area contributed by atoms with E-state index in [1.165, 1.54) is 5.75 Å². The summed E-state index contributed by atoms with van der Waals surface area (Å²) in [6, 6.07) is 1.13. The predicted molar refractivity (Wildman–Crippen MR) is 84.7 cm³/mol. The molecule has 0 aliphatic heterocycles. The van der Waals surface area contributed by atoms with Crippen molar-refractivity contribution in [3.63, 3.8) is 0 Å². The van der Waals surface area contributed by atoms with Gasteiger partial charge in [-0.25, -0.2) is 0 Å². The van der Waals surface area contributed by atoms with E-state index in [2.05, 4.69) is 51.2 Å². The lowest BCUT2D eigenvalue weighted by Gasteiger charge is -2.28. The second-order valence-electron chi connectivity index (χ2n) is 5.54.